The van der Waals surface area contributed by atoms with Crippen molar-refractivity contribution in [2.24, 2.45) is 0 Å². The van der Waals surface area contributed by atoms with Gasteiger partial charge in [-0.25, -0.2) is 9.97 Å². The molecule has 6 rings (SSSR count). The maximum atomic E-state index is 4.88. The minimum atomic E-state index is 0.746. The van der Waals surface area contributed by atoms with Crippen LogP contribution >= 0.6 is 0 Å². The van der Waals surface area contributed by atoms with E-state index >= 15 is 0 Å². The van der Waals surface area contributed by atoms with E-state index in [1.807, 2.05) is 25.1 Å². The molecule has 0 bridgehead atoms. The van der Waals surface area contributed by atoms with E-state index in [2.05, 4.69) is 109 Å². The quantitative estimate of drug-likeness (QED) is 0.265. The van der Waals surface area contributed by atoms with Gasteiger partial charge in [0.2, 0.25) is 0 Å². The lowest BCUT2D eigenvalue weighted by atomic mass is 9.98. The second-order valence-electron chi connectivity index (χ2n) is 8.81. The molecule has 0 fully saturated rings. The number of para-hydroxylation sites is 1. The molecular formula is C33H24N2. The van der Waals surface area contributed by atoms with Crippen LogP contribution in [0, 0.1) is 6.92 Å². The van der Waals surface area contributed by atoms with Gasteiger partial charge in [0.25, 0.3) is 0 Å². The maximum Gasteiger partial charge on any atom is 0.160 e. The van der Waals surface area contributed by atoms with E-state index < -0.39 is 0 Å². The molecule has 35 heavy (non-hydrogen) atoms. The number of rotatable bonds is 2. The van der Waals surface area contributed by atoms with Gasteiger partial charge in [-0.15, -0.1) is 0 Å². The number of aryl methyl sites for hydroxylation is 1. The number of benzene rings is 4. The van der Waals surface area contributed by atoms with Crippen LogP contribution in [0.25, 0.3) is 55.0 Å². The molecule has 2 aromatic heterocycles. The number of fused-ring (bicyclic) bond motifs is 3. The van der Waals surface area contributed by atoms with Crippen LogP contribution in [0.2, 0.25) is 0 Å². The Balaban J connectivity index is 1.45. The zero-order valence-corrected chi connectivity index (χ0v) is 19.5. The molecule has 0 spiro atoms. The van der Waals surface area contributed by atoms with Crippen molar-refractivity contribution in [1.82, 2.24) is 9.97 Å². The molecular weight excluding hydrogens is 424 g/mol. The summed E-state index contributed by atoms with van der Waals surface area (Å²) in [6.07, 6.45) is 0. The van der Waals surface area contributed by atoms with Gasteiger partial charge in [-0.05, 0) is 70.3 Å². The van der Waals surface area contributed by atoms with Crippen LogP contribution in [-0.2, 0) is 0 Å². The van der Waals surface area contributed by atoms with Gasteiger partial charge in [-0.2, -0.15) is 0 Å². The van der Waals surface area contributed by atoms with Crippen molar-refractivity contribution in [2.75, 3.05) is 0 Å². The van der Waals surface area contributed by atoms with Crippen LogP contribution in [-0.4, -0.2) is 9.97 Å². The monoisotopic (exact) mass is 448 g/mol. The van der Waals surface area contributed by atoms with Crippen molar-refractivity contribution >= 4 is 32.7 Å². The van der Waals surface area contributed by atoms with Gasteiger partial charge in [-0.3, -0.25) is 0 Å². The van der Waals surface area contributed by atoms with E-state index in [1.165, 1.54) is 21.9 Å². The van der Waals surface area contributed by atoms with Crippen LogP contribution in [0.5, 0.6) is 0 Å². The Labute approximate surface area is 204 Å². The summed E-state index contributed by atoms with van der Waals surface area (Å²) in [5, 5.41) is 4.59. The molecule has 2 heteroatoms. The summed E-state index contributed by atoms with van der Waals surface area (Å²) >= 11 is 0. The third-order valence-electron chi connectivity index (χ3n) is 6.32. The van der Waals surface area contributed by atoms with Gasteiger partial charge in [0.15, 0.2) is 5.65 Å². The Hall–Kier alpha value is -4.56. The summed E-state index contributed by atoms with van der Waals surface area (Å²) in [7, 11) is 0. The highest BCUT2D eigenvalue weighted by molar-refractivity contribution is 5.92. The van der Waals surface area contributed by atoms with Gasteiger partial charge >= 0.3 is 0 Å². The van der Waals surface area contributed by atoms with E-state index in [-0.39, 0.29) is 0 Å². The van der Waals surface area contributed by atoms with Crippen LogP contribution in [0.1, 0.15) is 5.69 Å². The molecule has 166 valence electrons. The van der Waals surface area contributed by atoms with Crippen LogP contribution in [0.15, 0.2) is 127 Å². The van der Waals surface area contributed by atoms with E-state index in [4.69, 9.17) is 9.97 Å². The van der Waals surface area contributed by atoms with E-state index in [0.29, 0.717) is 0 Å². The number of aromatic nitrogens is 2. The maximum absolute atomic E-state index is 4.88. The second-order valence-corrected chi connectivity index (χ2v) is 8.81. The standard InChI is InChI=1S/C33H24N2/c1-23-19-25(11-5-6-13-31-22-30-12-7-8-14-32(30)35-33(31)34-23)27-17-18-28-20-26(15-16-29(28)21-27)24-9-3-2-4-10-24/h2-22H,1H3. The molecule has 0 unspecified atom stereocenters. The number of hydrogen-bond donors (Lipinski definition) is 0. The van der Waals surface area contributed by atoms with Crippen molar-refractivity contribution in [3.63, 3.8) is 0 Å². The van der Waals surface area contributed by atoms with E-state index in [9.17, 15) is 0 Å². The second kappa shape index (κ2) is 9.00. The topological polar surface area (TPSA) is 25.8 Å². The minimum Gasteiger partial charge on any atom is -0.233 e. The van der Waals surface area contributed by atoms with Crippen LogP contribution in [0.4, 0.5) is 0 Å². The highest BCUT2D eigenvalue weighted by Crippen LogP contribution is 2.28. The largest absolute Gasteiger partial charge is 0.233 e. The molecule has 6 aromatic rings. The first-order valence-electron chi connectivity index (χ1n) is 11.8. The summed E-state index contributed by atoms with van der Waals surface area (Å²) in [6, 6.07) is 44.6. The third kappa shape index (κ3) is 4.34. The summed E-state index contributed by atoms with van der Waals surface area (Å²) in [4.78, 5) is 9.70. The fraction of sp³-hybridized carbons (Fsp3) is 0.0303. The Bertz CT molecular complexity index is 1750. The average Bonchev–Trinajstić information content (AvgIpc) is 2.90. The zero-order chi connectivity index (χ0) is 23.6. The molecule has 2 nitrogen and oxygen atoms in total. The third-order valence-corrected chi connectivity index (χ3v) is 6.32. The summed E-state index contributed by atoms with van der Waals surface area (Å²) < 4.78 is 0. The Kier molecular flexibility index (Phi) is 5.40. The molecule has 0 N–H and O–H groups in total. The van der Waals surface area contributed by atoms with E-state index in [1.54, 1.807) is 0 Å². The normalized spacial score (nSPS) is 11.0. The fourth-order valence-corrected chi connectivity index (χ4v) is 4.54. The van der Waals surface area contributed by atoms with E-state index in [0.717, 1.165) is 38.8 Å². The zero-order valence-electron chi connectivity index (χ0n) is 19.5. The number of pyridine rings is 1. The van der Waals surface area contributed by atoms with Crippen LogP contribution in [0.3, 0.4) is 0 Å². The molecule has 0 saturated carbocycles. The molecule has 0 amide bonds. The Morgan fingerprint density at radius 2 is 0.971 bits per heavy atom. The Morgan fingerprint density at radius 3 is 1.74 bits per heavy atom. The molecule has 0 aliphatic heterocycles. The lowest BCUT2D eigenvalue weighted by Crippen LogP contribution is -1.86. The Morgan fingerprint density at radius 1 is 0.400 bits per heavy atom. The van der Waals surface area contributed by atoms with Gasteiger partial charge in [0.05, 0.1) is 5.52 Å². The first-order valence-corrected chi connectivity index (χ1v) is 11.8. The number of hydrogen-bond acceptors (Lipinski definition) is 2. The van der Waals surface area contributed by atoms with Crippen molar-refractivity contribution < 1.29 is 0 Å². The fourth-order valence-electron chi connectivity index (χ4n) is 4.54. The molecule has 4 aromatic carbocycles. The van der Waals surface area contributed by atoms with Gasteiger partial charge in [-0.1, -0.05) is 97.1 Å². The first kappa shape index (κ1) is 21.0. The van der Waals surface area contributed by atoms with Gasteiger partial charge in [0, 0.05) is 16.5 Å². The summed E-state index contributed by atoms with van der Waals surface area (Å²) in [5.74, 6) is 0. The molecule has 0 aliphatic carbocycles. The van der Waals surface area contributed by atoms with Crippen molar-refractivity contribution in [3.05, 3.63) is 133 Å². The smallest absolute Gasteiger partial charge is 0.160 e. The molecule has 2 heterocycles. The lowest BCUT2D eigenvalue weighted by Gasteiger charge is -2.07. The van der Waals surface area contributed by atoms with Crippen LogP contribution < -0.4 is 0 Å². The average molecular weight is 449 g/mol. The molecule has 0 saturated heterocycles. The van der Waals surface area contributed by atoms with Crippen molar-refractivity contribution in [2.45, 2.75) is 6.92 Å². The summed E-state index contributed by atoms with van der Waals surface area (Å²) in [5.41, 5.74) is 7.37. The molecule has 0 radical (unpaired) electrons. The summed E-state index contributed by atoms with van der Waals surface area (Å²) in [6.45, 7) is 2.03. The number of nitrogens with zero attached hydrogens (tertiary/aromatic N) is 2. The SMILES string of the molecule is Cc1cc(-c2ccc3cc(-c4ccccc4)ccc3c2)ccccc2cc3ccccc3nc2n1. The highest BCUT2D eigenvalue weighted by atomic mass is 14.8. The predicted molar refractivity (Wildman–Crippen MR) is 148 cm³/mol. The lowest BCUT2D eigenvalue weighted by molar-refractivity contribution is 1.23. The van der Waals surface area contributed by atoms with Crippen molar-refractivity contribution in [1.29, 1.82) is 0 Å². The minimum absolute atomic E-state index is 0.746. The molecule has 0 aliphatic rings. The van der Waals surface area contributed by atoms with Gasteiger partial charge in [0.1, 0.15) is 0 Å². The predicted octanol–water partition coefficient (Wildman–Crippen LogP) is 8.70. The van der Waals surface area contributed by atoms with Gasteiger partial charge < -0.3 is 0 Å². The first-order chi connectivity index (χ1) is 17.2. The highest BCUT2D eigenvalue weighted by Gasteiger charge is 2.04. The van der Waals surface area contributed by atoms with Crippen molar-refractivity contribution in [3.8, 4) is 22.3 Å². The molecule has 0 atom stereocenters.